The highest BCUT2D eigenvalue weighted by Crippen LogP contribution is 2.55. The lowest BCUT2D eigenvalue weighted by atomic mass is 9.81. The molecule has 3 aromatic heterocycles. The Balaban J connectivity index is 0.000000114. The lowest BCUT2D eigenvalue weighted by molar-refractivity contribution is 0.660. The number of aromatic nitrogens is 5. The summed E-state index contributed by atoms with van der Waals surface area (Å²) < 4.78 is 0. The molecule has 5 nitrogen and oxygen atoms in total. The molecule has 0 unspecified atom stereocenters. The molecule has 634 valence electrons. The molecule has 133 heavy (non-hydrogen) atoms. The van der Waals surface area contributed by atoms with Crippen LogP contribution in [-0.4, -0.2) is 24.9 Å². The maximum atomic E-state index is 5.31. The van der Waals surface area contributed by atoms with Crippen LogP contribution in [0.1, 0.15) is 97.6 Å². The zero-order valence-corrected chi connectivity index (χ0v) is 76.4. The van der Waals surface area contributed by atoms with Crippen LogP contribution in [0.25, 0.3) is 211 Å². The third-order valence-corrected chi connectivity index (χ3v) is 28.4. The van der Waals surface area contributed by atoms with Gasteiger partial charge in [0.2, 0.25) is 0 Å². The molecule has 4 aliphatic carbocycles. The molecule has 21 aromatic rings. The number of benzene rings is 18. The Bertz CT molecular complexity index is 8250. The molecule has 0 atom stereocenters. The smallest absolute Gasteiger partial charge is 0.164 e. The van der Waals surface area contributed by atoms with E-state index in [1.807, 2.05) is 0 Å². The summed E-state index contributed by atoms with van der Waals surface area (Å²) in [4.78, 5) is 25.5. The number of rotatable bonds is 11. The van der Waals surface area contributed by atoms with Gasteiger partial charge in [0.05, 0.1) is 5.69 Å². The van der Waals surface area contributed by atoms with Crippen LogP contribution in [-0.2, 0) is 16.2 Å². The summed E-state index contributed by atoms with van der Waals surface area (Å²) in [5.74, 6) is 2.05. The van der Waals surface area contributed by atoms with E-state index in [0.717, 1.165) is 50.4 Å². The average molecular weight is 1710 g/mol. The van der Waals surface area contributed by atoms with Crippen molar-refractivity contribution in [1.82, 2.24) is 24.9 Å². The molecule has 0 radical (unpaired) electrons. The minimum Gasteiger partial charge on any atom is -0.258 e. The highest BCUT2D eigenvalue weighted by Gasteiger charge is 2.39. The lowest BCUT2D eigenvalue weighted by Gasteiger charge is -2.22. The molecule has 0 aliphatic heterocycles. The molecular weight excluding hydrogens is 1610 g/mol. The molecule has 25 rings (SSSR count). The van der Waals surface area contributed by atoms with Crippen molar-refractivity contribution in [1.29, 1.82) is 0 Å². The molecule has 0 fully saturated rings. The van der Waals surface area contributed by atoms with Gasteiger partial charge in [0.15, 0.2) is 17.5 Å². The van der Waals surface area contributed by atoms with E-state index < -0.39 is 0 Å². The number of hydrogen-bond donors (Lipinski definition) is 0. The van der Waals surface area contributed by atoms with Gasteiger partial charge < -0.3 is 0 Å². The molecule has 0 bridgehead atoms. The van der Waals surface area contributed by atoms with Crippen molar-refractivity contribution in [3.05, 3.63) is 462 Å². The molecule has 4 aliphatic rings. The van der Waals surface area contributed by atoms with E-state index in [0.29, 0.717) is 17.5 Å². The number of nitrogens with zero attached hydrogens (tertiary/aromatic N) is 5. The highest BCUT2D eigenvalue weighted by atomic mass is 15.0. The zero-order chi connectivity index (χ0) is 90.1. The van der Waals surface area contributed by atoms with Gasteiger partial charge in [0.25, 0.3) is 0 Å². The van der Waals surface area contributed by atoms with Crippen LogP contribution in [0.2, 0.25) is 0 Å². The Morgan fingerprint density at radius 1 is 0.165 bits per heavy atom. The predicted octanol–water partition coefficient (Wildman–Crippen LogP) is 33.6. The van der Waals surface area contributed by atoms with Gasteiger partial charge in [-0.25, -0.2) is 15.0 Å². The van der Waals surface area contributed by atoms with Crippen molar-refractivity contribution in [2.24, 2.45) is 0 Å². The molecule has 0 saturated heterocycles. The second-order valence-corrected chi connectivity index (χ2v) is 38.0. The first-order valence-corrected chi connectivity index (χ1v) is 46.4. The second kappa shape index (κ2) is 32.3. The molecule has 5 heteroatoms. The minimum atomic E-state index is -0.131. The maximum absolute atomic E-state index is 5.31. The Hall–Kier alpha value is -16.0. The van der Waals surface area contributed by atoms with Crippen LogP contribution in [0.5, 0.6) is 0 Å². The average Bonchev–Trinajstić information content (AvgIpc) is 1.60. The fourth-order valence-electron chi connectivity index (χ4n) is 21.8. The van der Waals surface area contributed by atoms with Crippen LogP contribution in [0.3, 0.4) is 0 Å². The third-order valence-electron chi connectivity index (χ3n) is 28.4. The number of hydrogen-bond acceptors (Lipinski definition) is 5. The maximum Gasteiger partial charge on any atom is 0.164 e. The van der Waals surface area contributed by atoms with E-state index in [4.69, 9.17) is 19.9 Å². The minimum absolute atomic E-state index is 0.0368. The molecule has 18 aromatic carbocycles. The quantitative estimate of drug-likeness (QED) is 0.121. The van der Waals surface area contributed by atoms with Crippen molar-refractivity contribution in [3.63, 3.8) is 0 Å². The van der Waals surface area contributed by atoms with Gasteiger partial charge in [-0.1, -0.05) is 351 Å². The van der Waals surface area contributed by atoms with E-state index in [-0.39, 0.29) is 16.2 Å². The SMILES string of the molecule is CC1(C)c2ccccc2-c2cc(-c3nc(-c4ccc5c(c4)C(C)(C)c4ccccc4-5)nc(-c4ccc5c6c(cccc46)-c4ccccc4-5)n3)ccc21.Cc1cc(-c2cc(-c3cccc(-c4ccccc4)c3)cc(-c3cc4ccccc4c4ccccc34)c2)cc(C)n1.Cc1cc(C)nc(-c2cc(-c3ccc(-c4ccccc4)cc3)cc(-c3ccc4c(c3)C(C)(C)c3ccccc3-4)c2)c1. The highest BCUT2D eigenvalue weighted by molar-refractivity contribution is 6.19. The van der Waals surface area contributed by atoms with Crippen molar-refractivity contribution in [2.75, 3.05) is 0 Å². The van der Waals surface area contributed by atoms with Gasteiger partial charge in [0, 0.05) is 55.6 Å². The number of aryl methyl sites for hydroxylation is 4. The van der Waals surface area contributed by atoms with Crippen LogP contribution in [0, 0.1) is 27.7 Å². The molecule has 0 amide bonds. The Labute approximate surface area is 778 Å². The molecule has 0 spiro atoms. The Morgan fingerprint density at radius 2 is 0.519 bits per heavy atom. The summed E-state index contributed by atoms with van der Waals surface area (Å²) in [6.07, 6.45) is 0. The summed E-state index contributed by atoms with van der Waals surface area (Å²) in [5, 5.41) is 7.51. The van der Waals surface area contributed by atoms with E-state index in [9.17, 15) is 0 Å². The molecular formula is C128H97N5. The van der Waals surface area contributed by atoms with Crippen LogP contribution in [0.15, 0.2) is 406 Å². The number of pyridine rings is 2. The number of fused-ring (bicyclic) bond motifs is 15. The van der Waals surface area contributed by atoms with Gasteiger partial charge in [-0.15, -0.1) is 0 Å². The Morgan fingerprint density at radius 3 is 1.14 bits per heavy atom. The summed E-state index contributed by atoms with van der Waals surface area (Å²) in [6, 6.07) is 148. The van der Waals surface area contributed by atoms with E-state index in [2.05, 4.69) is 481 Å². The predicted molar refractivity (Wildman–Crippen MR) is 557 cm³/mol. The first-order chi connectivity index (χ1) is 64.8. The Kier molecular flexibility index (Phi) is 19.8. The summed E-state index contributed by atoms with van der Waals surface area (Å²) >= 11 is 0. The van der Waals surface area contributed by atoms with Gasteiger partial charge in [-0.3, -0.25) is 9.97 Å². The topological polar surface area (TPSA) is 64.5 Å². The second-order valence-electron chi connectivity index (χ2n) is 38.0. The van der Waals surface area contributed by atoms with Gasteiger partial charge in [0.1, 0.15) is 0 Å². The monoisotopic (exact) mass is 1700 g/mol. The van der Waals surface area contributed by atoms with E-state index in [1.165, 1.54) is 199 Å². The van der Waals surface area contributed by atoms with Crippen molar-refractivity contribution < 1.29 is 0 Å². The normalized spacial score (nSPS) is 13.2. The fraction of sp³-hybridized carbons (Fsp3) is 0.102. The van der Waals surface area contributed by atoms with Crippen LogP contribution in [0.4, 0.5) is 0 Å². The summed E-state index contributed by atoms with van der Waals surface area (Å²) in [6.45, 7) is 22.3. The summed E-state index contributed by atoms with van der Waals surface area (Å²) in [5.41, 5.74) is 47.3. The lowest BCUT2D eigenvalue weighted by Crippen LogP contribution is -2.15. The summed E-state index contributed by atoms with van der Waals surface area (Å²) in [7, 11) is 0. The van der Waals surface area contributed by atoms with Gasteiger partial charge in [-0.05, 0) is 330 Å². The van der Waals surface area contributed by atoms with Crippen LogP contribution >= 0.6 is 0 Å². The fourth-order valence-corrected chi connectivity index (χ4v) is 21.8. The van der Waals surface area contributed by atoms with Crippen molar-refractivity contribution in [3.8, 4) is 179 Å². The van der Waals surface area contributed by atoms with E-state index in [1.54, 1.807) is 0 Å². The standard InChI is InChI=1S/C49H35N3.C40H33N.C39H29N/c1-48(2)41-19-10-8-15-33(41)39-26-28(21-25-42(39)48)45-50-46(29-20-22-34-32-14-7-9-18-40(32)49(3,4)43(34)27-29)52-47(51-45)38-24-23-37-31-13-6-5-12-30(31)35-16-11-17-36(38)44(35)37;1-26-20-27(2)41-39(21-26)34-23-32(30-16-14-29(15-17-30)28-10-6-5-7-11-28)22-33(24-34)31-18-19-36-35-12-8-9-13-37(35)40(3,4)38(36)25-31;1-26-19-32(20-27(2)40-26)34-22-33(30-15-10-14-29(21-30)28-11-4-3-5-12-28)23-35(24-34)39-25-31-13-6-7-16-36(31)37-17-8-9-18-38(37)39/h5-27H,1-4H3;5-25H,1-4H3;3-25H,1-2H3. The van der Waals surface area contributed by atoms with Crippen LogP contribution < -0.4 is 0 Å². The third kappa shape index (κ3) is 14.4. The zero-order valence-electron chi connectivity index (χ0n) is 76.4. The van der Waals surface area contributed by atoms with Gasteiger partial charge >= 0.3 is 0 Å². The van der Waals surface area contributed by atoms with Crippen molar-refractivity contribution >= 4 is 32.3 Å². The molecule has 0 saturated carbocycles. The first-order valence-electron chi connectivity index (χ1n) is 46.4. The molecule has 3 heterocycles. The first kappa shape index (κ1) is 81.5. The molecule has 0 N–H and O–H groups in total. The van der Waals surface area contributed by atoms with Gasteiger partial charge in [-0.2, -0.15) is 0 Å². The van der Waals surface area contributed by atoms with Crippen molar-refractivity contribution in [2.45, 2.75) is 85.5 Å². The van der Waals surface area contributed by atoms with E-state index >= 15 is 0 Å². The largest absolute Gasteiger partial charge is 0.258 e.